The number of nitrogens with zero attached hydrogens (tertiary/aromatic N) is 2. The number of carbonyl (C=O) groups is 1. The standard InChI is InChI=1S/C19H19F4N3O3S/c20-14-5-1-2-6-15(14)24-18(27)13-25-9-11-26(12-10-25)16-7-3-4-8-17(16)30(28,29)19(21,22)23/h1-8H,9-13H2,(H,24,27). The number of piperazine rings is 1. The minimum absolute atomic E-state index is 0.0229. The van der Waals surface area contributed by atoms with Crippen LogP contribution in [-0.2, 0) is 14.6 Å². The van der Waals surface area contributed by atoms with Gasteiger partial charge in [-0.05, 0) is 24.3 Å². The van der Waals surface area contributed by atoms with Crippen LogP contribution < -0.4 is 10.2 Å². The number of amides is 1. The summed E-state index contributed by atoms with van der Waals surface area (Å²) in [5.41, 5.74) is -5.35. The monoisotopic (exact) mass is 445 g/mol. The van der Waals surface area contributed by atoms with E-state index in [-0.39, 0.29) is 31.0 Å². The van der Waals surface area contributed by atoms with Gasteiger partial charge in [0.2, 0.25) is 5.91 Å². The molecule has 0 atom stereocenters. The smallest absolute Gasteiger partial charge is 0.368 e. The summed E-state index contributed by atoms with van der Waals surface area (Å²) in [6, 6.07) is 10.7. The summed E-state index contributed by atoms with van der Waals surface area (Å²) in [5, 5.41) is 2.47. The second-order valence-corrected chi connectivity index (χ2v) is 8.62. The van der Waals surface area contributed by atoms with Crippen LogP contribution in [-0.4, -0.2) is 57.5 Å². The van der Waals surface area contributed by atoms with Crippen molar-refractivity contribution in [3.8, 4) is 0 Å². The molecule has 11 heteroatoms. The van der Waals surface area contributed by atoms with E-state index in [1.165, 1.54) is 36.4 Å². The molecule has 0 unspecified atom stereocenters. The van der Waals surface area contributed by atoms with Gasteiger partial charge in [0.05, 0.1) is 22.8 Å². The van der Waals surface area contributed by atoms with Crippen LogP contribution in [0.2, 0.25) is 0 Å². The van der Waals surface area contributed by atoms with Gasteiger partial charge < -0.3 is 10.2 Å². The van der Waals surface area contributed by atoms with Crippen molar-refractivity contribution in [2.75, 3.05) is 42.9 Å². The van der Waals surface area contributed by atoms with Crippen LogP contribution in [0, 0.1) is 5.82 Å². The van der Waals surface area contributed by atoms with E-state index < -0.39 is 32.0 Å². The third-order valence-electron chi connectivity index (χ3n) is 4.69. The first-order chi connectivity index (χ1) is 14.1. The number of hydrogen-bond donors (Lipinski definition) is 1. The van der Waals surface area contributed by atoms with Crippen molar-refractivity contribution in [1.29, 1.82) is 0 Å². The second-order valence-electron chi connectivity index (χ2n) is 6.71. The van der Waals surface area contributed by atoms with E-state index >= 15 is 0 Å². The molecule has 0 radical (unpaired) electrons. The molecule has 30 heavy (non-hydrogen) atoms. The minimum atomic E-state index is -5.48. The lowest BCUT2D eigenvalue weighted by molar-refractivity contribution is -0.117. The highest BCUT2D eigenvalue weighted by molar-refractivity contribution is 7.92. The Kier molecular flexibility index (Phi) is 6.32. The van der Waals surface area contributed by atoms with E-state index in [1.807, 2.05) is 0 Å². The average molecular weight is 445 g/mol. The Hall–Kier alpha value is -2.66. The lowest BCUT2D eigenvalue weighted by atomic mass is 10.2. The highest BCUT2D eigenvalue weighted by Gasteiger charge is 2.48. The molecule has 1 aliphatic rings. The first kappa shape index (κ1) is 22.0. The molecule has 1 aliphatic heterocycles. The highest BCUT2D eigenvalue weighted by Crippen LogP contribution is 2.36. The van der Waals surface area contributed by atoms with Crippen LogP contribution in [0.5, 0.6) is 0 Å². The maximum atomic E-state index is 13.6. The van der Waals surface area contributed by atoms with Crippen molar-refractivity contribution >= 4 is 27.1 Å². The fourth-order valence-electron chi connectivity index (χ4n) is 3.17. The summed E-state index contributed by atoms with van der Waals surface area (Å²) in [7, 11) is -5.48. The minimum Gasteiger partial charge on any atom is -0.368 e. The number of para-hydroxylation sites is 2. The molecule has 162 valence electrons. The Morgan fingerprint density at radius 1 is 0.967 bits per heavy atom. The summed E-state index contributed by atoms with van der Waals surface area (Å²) in [5.74, 6) is -0.980. The van der Waals surface area contributed by atoms with Crippen molar-refractivity contribution in [3.05, 3.63) is 54.3 Å². The maximum absolute atomic E-state index is 13.6. The molecule has 2 aromatic rings. The molecule has 3 rings (SSSR count). The number of alkyl halides is 3. The number of anilines is 2. The third kappa shape index (κ3) is 4.73. The zero-order chi connectivity index (χ0) is 21.9. The molecule has 0 saturated carbocycles. The molecule has 1 fully saturated rings. The van der Waals surface area contributed by atoms with Gasteiger partial charge in [-0.25, -0.2) is 12.8 Å². The fraction of sp³-hybridized carbons (Fsp3) is 0.316. The highest BCUT2D eigenvalue weighted by atomic mass is 32.2. The van der Waals surface area contributed by atoms with Crippen LogP contribution >= 0.6 is 0 Å². The summed E-state index contributed by atoms with van der Waals surface area (Å²) in [6.07, 6.45) is 0. The molecule has 1 N–H and O–H groups in total. The topological polar surface area (TPSA) is 69.7 Å². The molecular weight excluding hydrogens is 426 g/mol. The molecular formula is C19H19F4N3O3S. The van der Waals surface area contributed by atoms with Gasteiger partial charge in [-0.1, -0.05) is 24.3 Å². The molecule has 0 aliphatic carbocycles. The van der Waals surface area contributed by atoms with E-state index in [4.69, 9.17) is 0 Å². The van der Waals surface area contributed by atoms with Crippen LogP contribution in [0.15, 0.2) is 53.4 Å². The lowest BCUT2D eigenvalue weighted by Gasteiger charge is -2.36. The molecule has 0 aromatic heterocycles. The lowest BCUT2D eigenvalue weighted by Crippen LogP contribution is -2.49. The zero-order valence-electron chi connectivity index (χ0n) is 15.7. The van der Waals surface area contributed by atoms with E-state index in [9.17, 15) is 30.8 Å². The van der Waals surface area contributed by atoms with E-state index in [0.717, 1.165) is 6.07 Å². The number of sulfone groups is 1. The summed E-state index contributed by atoms with van der Waals surface area (Å²) in [4.78, 5) is 14.7. The molecule has 2 aromatic carbocycles. The SMILES string of the molecule is O=C(CN1CCN(c2ccccc2S(=O)(=O)C(F)(F)F)CC1)Nc1ccccc1F. The molecule has 0 spiro atoms. The predicted molar refractivity (Wildman–Crippen MR) is 103 cm³/mol. The molecule has 6 nitrogen and oxygen atoms in total. The maximum Gasteiger partial charge on any atom is 0.501 e. The first-order valence-corrected chi connectivity index (χ1v) is 10.5. The fourth-order valence-corrected chi connectivity index (χ4v) is 4.15. The average Bonchev–Trinajstić information content (AvgIpc) is 2.69. The van der Waals surface area contributed by atoms with Gasteiger partial charge in [0, 0.05) is 26.2 Å². The van der Waals surface area contributed by atoms with Gasteiger partial charge in [-0.15, -0.1) is 0 Å². The second kappa shape index (κ2) is 8.60. The van der Waals surface area contributed by atoms with Gasteiger partial charge in [0.1, 0.15) is 5.82 Å². The Labute approximate surface area is 171 Å². The largest absolute Gasteiger partial charge is 0.501 e. The van der Waals surface area contributed by atoms with Crippen molar-refractivity contribution in [1.82, 2.24) is 4.90 Å². The molecule has 0 bridgehead atoms. The van der Waals surface area contributed by atoms with Gasteiger partial charge in [0.25, 0.3) is 9.84 Å². The quantitative estimate of drug-likeness (QED) is 0.717. The number of benzene rings is 2. The predicted octanol–water partition coefficient (Wildman–Crippen LogP) is 2.88. The first-order valence-electron chi connectivity index (χ1n) is 9.01. The number of carbonyl (C=O) groups excluding carboxylic acids is 1. The van der Waals surface area contributed by atoms with Crippen LogP contribution in [0.3, 0.4) is 0 Å². The molecule has 1 amide bonds. The summed E-state index contributed by atoms with van der Waals surface area (Å²) >= 11 is 0. The Balaban J connectivity index is 1.64. The van der Waals surface area contributed by atoms with Crippen molar-refractivity contribution in [2.45, 2.75) is 10.4 Å². The van der Waals surface area contributed by atoms with Crippen molar-refractivity contribution in [2.24, 2.45) is 0 Å². The van der Waals surface area contributed by atoms with Gasteiger partial charge in [-0.2, -0.15) is 13.2 Å². The van der Waals surface area contributed by atoms with Crippen molar-refractivity contribution in [3.63, 3.8) is 0 Å². The summed E-state index contributed by atoms with van der Waals surface area (Å²) in [6.45, 7) is 1.09. The number of nitrogens with one attached hydrogen (secondary N) is 1. The van der Waals surface area contributed by atoms with Gasteiger partial charge in [-0.3, -0.25) is 9.69 Å². The molecule has 1 saturated heterocycles. The number of hydrogen-bond acceptors (Lipinski definition) is 5. The van der Waals surface area contributed by atoms with E-state index in [2.05, 4.69) is 5.32 Å². The van der Waals surface area contributed by atoms with Crippen molar-refractivity contribution < 1.29 is 30.8 Å². The van der Waals surface area contributed by atoms with E-state index in [1.54, 1.807) is 15.9 Å². The normalized spacial score (nSPS) is 15.8. The molecule has 1 heterocycles. The third-order valence-corrected chi connectivity index (χ3v) is 6.22. The van der Waals surface area contributed by atoms with Crippen LogP contribution in [0.1, 0.15) is 0 Å². The van der Waals surface area contributed by atoms with Crippen LogP contribution in [0.25, 0.3) is 0 Å². The zero-order valence-corrected chi connectivity index (χ0v) is 16.5. The van der Waals surface area contributed by atoms with Gasteiger partial charge >= 0.3 is 5.51 Å². The van der Waals surface area contributed by atoms with E-state index in [0.29, 0.717) is 13.1 Å². The Morgan fingerprint density at radius 2 is 1.57 bits per heavy atom. The number of halogens is 4. The number of rotatable bonds is 5. The Morgan fingerprint density at radius 3 is 2.20 bits per heavy atom. The summed E-state index contributed by atoms with van der Waals surface area (Å²) < 4.78 is 76.4. The Bertz CT molecular complexity index is 1020. The van der Waals surface area contributed by atoms with Crippen LogP contribution in [0.4, 0.5) is 28.9 Å². The van der Waals surface area contributed by atoms with Gasteiger partial charge in [0.15, 0.2) is 0 Å².